The molecule has 1 rings (SSSR count). The molecule has 20 heavy (non-hydrogen) atoms. The third-order valence-corrected chi connectivity index (χ3v) is 2.94. The molecular weight excluding hydrogens is 260 g/mol. The van der Waals surface area contributed by atoms with E-state index in [0.717, 1.165) is 0 Å². The molecule has 3 N–H and O–H groups in total. The summed E-state index contributed by atoms with van der Waals surface area (Å²) in [7, 11) is 2.98. The van der Waals surface area contributed by atoms with E-state index in [-0.39, 0.29) is 12.3 Å². The van der Waals surface area contributed by atoms with Gasteiger partial charge in [-0.2, -0.15) is 0 Å². The van der Waals surface area contributed by atoms with Crippen LogP contribution < -0.4 is 10.6 Å². The summed E-state index contributed by atoms with van der Waals surface area (Å²) in [6.45, 7) is 1.43. The zero-order valence-corrected chi connectivity index (χ0v) is 11.8. The smallest absolute Gasteiger partial charge is 0.307 e. The van der Waals surface area contributed by atoms with Crippen molar-refractivity contribution in [3.05, 3.63) is 29.8 Å². The summed E-state index contributed by atoms with van der Waals surface area (Å²) >= 11 is 0. The summed E-state index contributed by atoms with van der Waals surface area (Å²) in [6, 6.07) is 6.37. The molecule has 0 spiro atoms. The van der Waals surface area contributed by atoms with Crippen molar-refractivity contribution in [2.24, 2.45) is 0 Å². The van der Waals surface area contributed by atoms with Crippen LogP contribution in [0.3, 0.4) is 0 Å². The Morgan fingerprint density at radius 2 is 1.90 bits per heavy atom. The minimum absolute atomic E-state index is 0.0710. The van der Waals surface area contributed by atoms with Crippen molar-refractivity contribution in [3.63, 3.8) is 0 Å². The highest BCUT2D eigenvalue weighted by atomic mass is 16.5. The number of carbonyl (C=O) groups excluding carboxylic acids is 2. The van der Waals surface area contributed by atoms with Gasteiger partial charge in [-0.15, -0.1) is 0 Å². The summed E-state index contributed by atoms with van der Waals surface area (Å²) in [6.07, 6.45) is -0.771. The molecule has 0 radical (unpaired) electrons. The Labute approximate surface area is 118 Å². The number of rotatable bonds is 6. The summed E-state index contributed by atoms with van der Waals surface area (Å²) in [5.41, 5.74) is 1.31. The molecule has 1 aromatic rings. The molecule has 0 saturated heterocycles. The first-order chi connectivity index (χ1) is 9.47. The fraction of sp³-hybridized carbons (Fsp3) is 0.429. The van der Waals surface area contributed by atoms with E-state index >= 15 is 0 Å². The van der Waals surface area contributed by atoms with E-state index in [1.165, 1.54) is 14.0 Å². The number of amides is 1. The molecule has 0 aliphatic heterocycles. The van der Waals surface area contributed by atoms with E-state index in [1.54, 1.807) is 31.3 Å². The standard InChI is InChI=1S/C14H20N2O4/c1-9(17)16-11-6-4-10(5-7-11)14(19)12(15-2)8-13(18)20-3/h4-7,12,14-15,19H,8H2,1-3H3,(H,16,17). The second-order valence-electron chi connectivity index (χ2n) is 4.42. The van der Waals surface area contributed by atoms with Crippen LogP contribution in [0.25, 0.3) is 0 Å². The number of aliphatic hydroxyl groups is 1. The highest BCUT2D eigenvalue weighted by Crippen LogP contribution is 2.21. The van der Waals surface area contributed by atoms with Crippen molar-refractivity contribution in [1.82, 2.24) is 5.32 Å². The quantitative estimate of drug-likeness (QED) is 0.672. The molecule has 0 saturated carbocycles. The predicted octanol–water partition coefficient (Wildman–Crippen LogP) is 0.829. The number of anilines is 1. The molecule has 110 valence electrons. The molecule has 0 aliphatic carbocycles. The van der Waals surface area contributed by atoms with Gasteiger partial charge in [0, 0.05) is 18.7 Å². The van der Waals surface area contributed by atoms with Crippen molar-refractivity contribution in [3.8, 4) is 0 Å². The molecule has 6 heteroatoms. The lowest BCUT2D eigenvalue weighted by Crippen LogP contribution is -2.34. The molecular formula is C14H20N2O4. The van der Waals surface area contributed by atoms with Gasteiger partial charge in [-0.25, -0.2) is 0 Å². The lowest BCUT2D eigenvalue weighted by molar-refractivity contribution is -0.142. The molecule has 2 unspecified atom stereocenters. The molecule has 6 nitrogen and oxygen atoms in total. The van der Waals surface area contributed by atoms with Crippen molar-refractivity contribution in [2.45, 2.75) is 25.5 Å². The number of hydrogen-bond acceptors (Lipinski definition) is 5. The van der Waals surface area contributed by atoms with Crippen molar-refractivity contribution in [2.75, 3.05) is 19.5 Å². The van der Waals surface area contributed by atoms with E-state index in [2.05, 4.69) is 15.4 Å². The first kappa shape index (κ1) is 16.1. The zero-order valence-electron chi connectivity index (χ0n) is 11.8. The average Bonchev–Trinajstić information content (AvgIpc) is 2.44. The Kier molecular flexibility index (Phi) is 6.14. The van der Waals surface area contributed by atoms with E-state index in [4.69, 9.17) is 0 Å². The Hall–Kier alpha value is -1.92. The van der Waals surface area contributed by atoms with Crippen LogP contribution in [0.4, 0.5) is 5.69 Å². The normalized spacial score (nSPS) is 13.4. The minimum Gasteiger partial charge on any atom is -0.469 e. The lowest BCUT2D eigenvalue weighted by Gasteiger charge is -2.22. The third-order valence-electron chi connectivity index (χ3n) is 2.94. The molecule has 1 aromatic carbocycles. The lowest BCUT2D eigenvalue weighted by atomic mass is 9.99. The first-order valence-electron chi connectivity index (χ1n) is 6.27. The predicted molar refractivity (Wildman–Crippen MR) is 75.2 cm³/mol. The SMILES string of the molecule is CNC(CC(=O)OC)C(O)c1ccc(NC(C)=O)cc1. The van der Waals surface area contributed by atoms with Crippen LogP contribution in [0.5, 0.6) is 0 Å². The number of esters is 1. The van der Waals surface area contributed by atoms with Crippen LogP contribution in [0, 0.1) is 0 Å². The van der Waals surface area contributed by atoms with Gasteiger partial charge < -0.3 is 20.5 Å². The number of carbonyl (C=O) groups is 2. The molecule has 1 amide bonds. The molecule has 0 heterocycles. The molecule has 0 fully saturated rings. The number of methoxy groups -OCH3 is 1. The van der Waals surface area contributed by atoms with Crippen LogP contribution >= 0.6 is 0 Å². The van der Waals surface area contributed by atoms with Gasteiger partial charge >= 0.3 is 5.97 Å². The van der Waals surface area contributed by atoms with Crippen LogP contribution in [0.15, 0.2) is 24.3 Å². The second kappa shape index (κ2) is 7.62. The molecule has 0 aliphatic rings. The van der Waals surface area contributed by atoms with Gasteiger partial charge in [-0.3, -0.25) is 9.59 Å². The molecule has 0 aromatic heterocycles. The van der Waals surface area contributed by atoms with Crippen molar-refractivity contribution < 1.29 is 19.4 Å². The summed E-state index contributed by atoms with van der Waals surface area (Å²) < 4.78 is 4.59. The Morgan fingerprint density at radius 1 is 1.30 bits per heavy atom. The summed E-state index contributed by atoms with van der Waals surface area (Å²) in [4.78, 5) is 22.2. The van der Waals surface area contributed by atoms with Gasteiger partial charge in [-0.1, -0.05) is 12.1 Å². The topological polar surface area (TPSA) is 87.7 Å². The number of benzene rings is 1. The van der Waals surface area contributed by atoms with Crippen LogP contribution in [-0.4, -0.2) is 37.2 Å². The van der Waals surface area contributed by atoms with Crippen molar-refractivity contribution >= 4 is 17.6 Å². The van der Waals surface area contributed by atoms with E-state index in [0.29, 0.717) is 11.3 Å². The fourth-order valence-electron chi connectivity index (χ4n) is 1.83. The summed E-state index contributed by atoms with van der Waals surface area (Å²) in [5, 5.41) is 15.8. The largest absolute Gasteiger partial charge is 0.469 e. The number of ether oxygens (including phenoxy) is 1. The van der Waals surface area contributed by atoms with E-state index in [9.17, 15) is 14.7 Å². The van der Waals surface area contributed by atoms with Crippen LogP contribution in [-0.2, 0) is 14.3 Å². The maximum absolute atomic E-state index is 11.3. The monoisotopic (exact) mass is 280 g/mol. The Morgan fingerprint density at radius 3 is 2.35 bits per heavy atom. The van der Waals surface area contributed by atoms with Gasteiger partial charge in [0.25, 0.3) is 0 Å². The fourth-order valence-corrected chi connectivity index (χ4v) is 1.83. The van der Waals surface area contributed by atoms with Crippen molar-refractivity contribution in [1.29, 1.82) is 0 Å². The van der Waals surface area contributed by atoms with E-state index in [1.807, 2.05) is 0 Å². The number of aliphatic hydroxyl groups excluding tert-OH is 1. The van der Waals surface area contributed by atoms with Gasteiger partial charge in [0.2, 0.25) is 5.91 Å². The highest BCUT2D eigenvalue weighted by molar-refractivity contribution is 5.88. The molecule has 0 bridgehead atoms. The minimum atomic E-state index is -0.842. The van der Waals surface area contributed by atoms with Gasteiger partial charge in [0.15, 0.2) is 0 Å². The third kappa shape index (κ3) is 4.64. The van der Waals surface area contributed by atoms with Gasteiger partial charge in [0.1, 0.15) is 0 Å². The van der Waals surface area contributed by atoms with Crippen LogP contribution in [0.1, 0.15) is 25.0 Å². The number of hydrogen-bond donors (Lipinski definition) is 3. The zero-order chi connectivity index (χ0) is 15.1. The number of likely N-dealkylation sites (N-methyl/N-ethyl adjacent to an activating group) is 1. The maximum atomic E-state index is 11.3. The van der Waals surface area contributed by atoms with E-state index < -0.39 is 18.1 Å². The number of nitrogens with one attached hydrogen (secondary N) is 2. The Bertz CT molecular complexity index is 459. The van der Waals surface area contributed by atoms with Gasteiger partial charge in [0.05, 0.1) is 19.6 Å². The highest BCUT2D eigenvalue weighted by Gasteiger charge is 2.22. The Balaban J connectivity index is 2.76. The summed E-state index contributed by atoms with van der Waals surface area (Å²) in [5.74, 6) is -0.546. The average molecular weight is 280 g/mol. The van der Waals surface area contributed by atoms with Gasteiger partial charge in [-0.05, 0) is 24.7 Å². The molecule has 2 atom stereocenters. The van der Waals surface area contributed by atoms with Crippen LogP contribution in [0.2, 0.25) is 0 Å². The second-order valence-corrected chi connectivity index (χ2v) is 4.42. The first-order valence-corrected chi connectivity index (χ1v) is 6.27. The maximum Gasteiger partial charge on any atom is 0.307 e.